The topological polar surface area (TPSA) is 12.9 Å². The quantitative estimate of drug-likeness (QED) is 0.400. The van der Waals surface area contributed by atoms with Crippen LogP contribution in [0.5, 0.6) is 0 Å². The van der Waals surface area contributed by atoms with Gasteiger partial charge in [0, 0.05) is 30.3 Å². The number of hydrogen-bond acceptors (Lipinski definition) is 1. The zero-order valence-electron chi connectivity index (χ0n) is 7.68. The van der Waals surface area contributed by atoms with Crippen molar-refractivity contribution in [3.8, 4) is 11.8 Å². The zero-order chi connectivity index (χ0) is 9.52. The molecule has 0 amide bonds. The lowest BCUT2D eigenvalue weighted by atomic mass is 10.1. The molecule has 13 heavy (non-hydrogen) atoms. The van der Waals surface area contributed by atoms with Crippen LogP contribution in [0.1, 0.15) is 24.0 Å². The molecule has 0 unspecified atom stereocenters. The van der Waals surface area contributed by atoms with Gasteiger partial charge in [0.2, 0.25) is 0 Å². The Morgan fingerprint density at radius 1 is 1.54 bits per heavy atom. The molecule has 1 heterocycles. The van der Waals surface area contributed by atoms with Crippen LogP contribution in [0.25, 0.3) is 0 Å². The Balaban J connectivity index is 2.61. The molecule has 1 rings (SSSR count). The third kappa shape index (κ3) is 3.48. The minimum atomic E-state index is 0.681. The number of halogens is 1. The molecule has 1 aromatic rings. The van der Waals surface area contributed by atoms with Crippen molar-refractivity contribution in [1.29, 1.82) is 0 Å². The monoisotopic (exact) mass is 193 g/mol. The van der Waals surface area contributed by atoms with Crippen LogP contribution in [0, 0.1) is 18.8 Å². The summed E-state index contributed by atoms with van der Waals surface area (Å²) >= 11 is 5.53. The Kier molecular flexibility index (Phi) is 4.35. The van der Waals surface area contributed by atoms with Gasteiger partial charge in [0.05, 0.1) is 0 Å². The third-order valence-electron chi connectivity index (χ3n) is 1.70. The van der Waals surface area contributed by atoms with Gasteiger partial charge >= 0.3 is 0 Å². The average Bonchev–Trinajstić information content (AvgIpc) is 2.15. The van der Waals surface area contributed by atoms with Gasteiger partial charge in [-0.25, -0.2) is 0 Å². The van der Waals surface area contributed by atoms with Gasteiger partial charge in [0.1, 0.15) is 0 Å². The van der Waals surface area contributed by atoms with Crippen LogP contribution in [-0.2, 0) is 0 Å². The molecule has 0 spiro atoms. The lowest BCUT2D eigenvalue weighted by Gasteiger charge is -1.93. The molecule has 0 N–H and O–H groups in total. The molecule has 1 nitrogen and oxygen atoms in total. The first-order valence-electron chi connectivity index (χ1n) is 4.30. The summed E-state index contributed by atoms with van der Waals surface area (Å²) in [6, 6.07) is 1.96. The summed E-state index contributed by atoms with van der Waals surface area (Å²) in [6.45, 7) is 2.03. The molecule has 0 radical (unpaired) electrons. The normalized spacial score (nSPS) is 9.08. The number of aromatic nitrogens is 1. The van der Waals surface area contributed by atoms with E-state index in [4.69, 9.17) is 11.6 Å². The number of nitrogens with zero attached hydrogens (tertiary/aromatic N) is 1. The van der Waals surface area contributed by atoms with Crippen molar-refractivity contribution in [1.82, 2.24) is 4.98 Å². The Hall–Kier alpha value is -1.00. The Bertz CT molecular complexity index is 322. The second kappa shape index (κ2) is 5.61. The molecule has 0 bridgehead atoms. The van der Waals surface area contributed by atoms with E-state index >= 15 is 0 Å². The van der Waals surface area contributed by atoms with E-state index in [0.717, 1.165) is 18.4 Å². The van der Waals surface area contributed by atoms with Crippen LogP contribution < -0.4 is 0 Å². The summed E-state index contributed by atoms with van der Waals surface area (Å²) in [7, 11) is 0. The SMILES string of the molecule is Cc1ccncc1C#CCCCCl. The van der Waals surface area contributed by atoms with Gasteiger partial charge in [-0.1, -0.05) is 11.8 Å². The molecular formula is C11H12ClN. The largest absolute Gasteiger partial charge is 0.263 e. The maximum Gasteiger partial charge on any atom is 0.0457 e. The fourth-order valence-corrected chi connectivity index (χ4v) is 1.04. The maximum atomic E-state index is 5.53. The number of pyridine rings is 1. The first kappa shape index (κ1) is 10.1. The van der Waals surface area contributed by atoms with E-state index < -0.39 is 0 Å². The minimum Gasteiger partial charge on any atom is -0.263 e. The third-order valence-corrected chi connectivity index (χ3v) is 1.96. The fourth-order valence-electron chi connectivity index (χ4n) is 0.908. The molecule has 0 atom stereocenters. The number of aryl methyl sites for hydroxylation is 1. The van der Waals surface area contributed by atoms with Crippen molar-refractivity contribution in [2.45, 2.75) is 19.8 Å². The summed E-state index contributed by atoms with van der Waals surface area (Å²) in [5, 5.41) is 0. The van der Waals surface area contributed by atoms with E-state index in [2.05, 4.69) is 16.8 Å². The first-order chi connectivity index (χ1) is 6.34. The highest BCUT2D eigenvalue weighted by Crippen LogP contribution is 2.02. The van der Waals surface area contributed by atoms with Gasteiger partial charge < -0.3 is 0 Å². The van der Waals surface area contributed by atoms with Crippen LogP contribution in [0.2, 0.25) is 0 Å². The number of unbranched alkanes of at least 4 members (excludes halogenated alkanes) is 1. The first-order valence-corrected chi connectivity index (χ1v) is 4.83. The molecule has 0 aliphatic rings. The van der Waals surface area contributed by atoms with Gasteiger partial charge in [0.25, 0.3) is 0 Å². The van der Waals surface area contributed by atoms with Gasteiger partial charge in [0.15, 0.2) is 0 Å². The maximum absolute atomic E-state index is 5.53. The van der Waals surface area contributed by atoms with Gasteiger partial charge in [-0.3, -0.25) is 4.98 Å². The second-order valence-corrected chi connectivity index (χ2v) is 3.16. The zero-order valence-corrected chi connectivity index (χ0v) is 8.43. The Morgan fingerprint density at radius 2 is 2.38 bits per heavy atom. The summed E-state index contributed by atoms with van der Waals surface area (Å²) in [5.74, 6) is 6.83. The van der Waals surface area contributed by atoms with E-state index in [1.165, 1.54) is 5.56 Å². The number of rotatable bonds is 2. The number of alkyl halides is 1. The summed E-state index contributed by atoms with van der Waals surface area (Å²) < 4.78 is 0. The predicted molar refractivity (Wildman–Crippen MR) is 55.8 cm³/mol. The second-order valence-electron chi connectivity index (χ2n) is 2.78. The van der Waals surface area contributed by atoms with Crippen LogP contribution >= 0.6 is 11.6 Å². The molecular weight excluding hydrogens is 182 g/mol. The molecule has 0 saturated heterocycles. The average molecular weight is 194 g/mol. The predicted octanol–water partition coefficient (Wildman–Crippen LogP) is 2.76. The van der Waals surface area contributed by atoms with Gasteiger partial charge in [-0.15, -0.1) is 11.6 Å². The van der Waals surface area contributed by atoms with Crippen LogP contribution in [-0.4, -0.2) is 10.9 Å². The fraction of sp³-hybridized carbons (Fsp3) is 0.364. The molecule has 0 aliphatic heterocycles. The smallest absolute Gasteiger partial charge is 0.0457 e. The van der Waals surface area contributed by atoms with Crippen LogP contribution in [0.3, 0.4) is 0 Å². The molecule has 0 aliphatic carbocycles. The molecule has 0 aromatic carbocycles. The molecule has 0 fully saturated rings. The van der Waals surface area contributed by atoms with Crippen molar-refractivity contribution in [3.63, 3.8) is 0 Å². The molecule has 1 aromatic heterocycles. The molecule has 2 heteroatoms. The van der Waals surface area contributed by atoms with E-state index in [1.54, 1.807) is 12.4 Å². The summed E-state index contributed by atoms with van der Waals surface area (Å²) in [5.41, 5.74) is 2.19. The summed E-state index contributed by atoms with van der Waals surface area (Å²) in [4.78, 5) is 4.02. The van der Waals surface area contributed by atoms with Crippen LogP contribution in [0.4, 0.5) is 0 Å². The van der Waals surface area contributed by atoms with Crippen molar-refractivity contribution < 1.29 is 0 Å². The summed E-state index contributed by atoms with van der Waals surface area (Å²) in [6.07, 6.45) is 5.38. The Morgan fingerprint density at radius 3 is 3.08 bits per heavy atom. The van der Waals surface area contributed by atoms with Gasteiger partial charge in [-0.05, 0) is 25.0 Å². The highest BCUT2D eigenvalue weighted by Gasteiger charge is 1.90. The van der Waals surface area contributed by atoms with Crippen molar-refractivity contribution >= 4 is 11.6 Å². The highest BCUT2D eigenvalue weighted by atomic mass is 35.5. The highest BCUT2D eigenvalue weighted by molar-refractivity contribution is 6.17. The van der Waals surface area contributed by atoms with E-state index in [1.807, 2.05) is 13.0 Å². The van der Waals surface area contributed by atoms with E-state index in [-0.39, 0.29) is 0 Å². The lowest BCUT2D eigenvalue weighted by Crippen LogP contribution is -1.82. The lowest BCUT2D eigenvalue weighted by molar-refractivity contribution is 0.991. The van der Waals surface area contributed by atoms with E-state index in [0.29, 0.717) is 5.88 Å². The number of hydrogen-bond donors (Lipinski definition) is 0. The van der Waals surface area contributed by atoms with E-state index in [9.17, 15) is 0 Å². The van der Waals surface area contributed by atoms with Crippen molar-refractivity contribution in [3.05, 3.63) is 29.6 Å². The van der Waals surface area contributed by atoms with Crippen LogP contribution in [0.15, 0.2) is 18.5 Å². The van der Waals surface area contributed by atoms with Gasteiger partial charge in [-0.2, -0.15) is 0 Å². The van der Waals surface area contributed by atoms with Crippen molar-refractivity contribution in [2.24, 2.45) is 0 Å². The molecule has 0 saturated carbocycles. The minimum absolute atomic E-state index is 0.681. The standard InChI is InChI=1S/C11H12ClN/c1-10-6-8-13-9-11(10)5-3-2-4-7-12/h6,8-9H,2,4,7H2,1H3. The Labute approximate surface area is 84.1 Å². The van der Waals surface area contributed by atoms with Crippen molar-refractivity contribution in [2.75, 3.05) is 5.88 Å². The molecule has 68 valence electrons.